The van der Waals surface area contributed by atoms with Gasteiger partial charge in [-0.15, -0.1) is 0 Å². The van der Waals surface area contributed by atoms with E-state index in [1.54, 1.807) is 0 Å². The van der Waals surface area contributed by atoms with Crippen LogP contribution >= 0.6 is 0 Å². The molecular weight excluding hydrogens is 314 g/mol. The van der Waals surface area contributed by atoms with Gasteiger partial charge in [-0.1, -0.05) is 0 Å². The van der Waals surface area contributed by atoms with Gasteiger partial charge in [0.2, 0.25) is 0 Å². The zero-order valence-corrected chi connectivity index (χ0v) is 12.5. The molecule has 6 N–H and O–H groups in total. The largest absolute Gasteiger partial charge is 0.480 e. The highest BCUT2D eigenvalue weighted by Gasteiger charge is 2.32. The molecule has 0 saturated heterocycles. The third-order valence-corrected chi connectivity index (χ3v) is 3.02. The molecule has 0 fully saturated rings. The molecule has 0 aromatic heterocycles. The summed E-state index contributed by atoms with van der Waals surface area (Å²) in [7, 11) is 0. The van der Waals surface area contributed by atoms with E-state index in [0.29, 0.717) is 0 Å². The lowest BCUT2D eigenvalue weighted by molar-refractivity contribution is -0.912. The summed E-state index contributed by atoms with van der Waals surface area (Å²) in [5.74, 6) is -4.55. The summed E-state index contributed by atoms with van der Waals surface area (Å²) >= 11 is 0. The van der Waals surface area contributed by atoms with Gasteiger partial charge in [0, 0.05) is 13.1 Å². The Kier molecular flexibility index (Phi) is 9.46. The van der Waals surface area contributed by atoms with E-state index < -0.39 is 37.0 Å². The number of carboxylic acid groups (broad SMARTS) is 4. The summed E-state index contributed by atoms with van der Waals surface area (Å²) in [5.41, 5.74) is 0. The average Bonchev–Trinajstić information content (AvgIpc) is 2.38. The van der Waals surface area contributed by atoms with Crippen molar-refractivity contribution in [1.29, 1.82) is 0 Å². The Bertz CT molecular complexity index is 400. The van der Waals surface area contributed by atoms with Gasteiger partial charge in [-0.2, -0.15) is 0 Å². The fraction of sp³-hybridized carbons (Fsp3) is 0.667. The second-order valence-electron chi connectivity index (χ2n) is 5.03. The zero-order valence-electron chi connectivity index (χ0n) is 12.5. The van der Waals surface area contributed by atoms with Crippen LogP contribution in [0.4, 0.5) is 0 Å². The molecule has 0 saturated carbocycles. The number of aliphatic carboxylic acids is 4. The van der Waals surface area contributed by atoms with Crippen molar-refractivity contribution in [2.45, 2.75) is 0 Å². The van der Waals surface area contributed by atoms with Gasteiger partial charge in [0.1, 0.15) is 0 Å². The molecule has 0 atom stereocenters. The number of quaternary nitrogens is 1. The summed E-state index contributed by atoms with van der Waals surface area (Å²) in [6.45, 7) is -1.17. The third-order valence-electron chi connectivity index (χ3n) is 3.02. The number of nitrogens with one attached hydrogen (secondary N) is 2. The predicted molar refractivity (Wildman–Crippen MR) is 76.0 cm³/mol. The molecule has 132 valence electrons. The minimum Gasteiger partial charge on any atom is -0.480 e. The van der Waals surface area contributed by atoms with Crippen LogP contribution in [0.5, 0.6) is 0 Å². The van der Waals surface area contributed by atoms with Crippen LogP contribution in [-0.2, 0) is 19.2 Å². The van der Waals surface area contributed by atoms with Crippen LogP contribution in [0.1, 0.15) is 0 Å². The number of carboxylic acids is 4. The van der Waals surface area contributed by atoms with Crippen LogP contribution in [-0.4, -0.2) is 101 Å². The molecular formula is C12H22N3O8+. The van der Waals surface area contributed by atoms with Crippen molar-refractivity contribution in [1.82, 2.24) is 10.6 Å². The number of rotatable bonds is 14. The van der Waals surface area contributed by atoms with Gasteiger partial charge in [-0.3, -0.25) is 9.59 Å². The lowest BCUT2D eigenvalue weighted by atomic mass is 10.3. The minimum absolute atomic E-state index is 0.0840. The standard InChI is InChI=1S/C12H21N3O8/c16-9(17)5-13-1-3-15(7-11(20)21,8-12(22)23)4-2-14-6-10(18)19/h13-14H,1-8H2,(H3-,16,17,18,19,20,21,22,23)/p+1. The van der Waals surface area contributed by atoms with Gasteiger partial charge < -0.3 is 35.5 Å². The molecule has 0 aromatic rings. The fourth-order valence-electron chi connectivity index (χ4n) is 2.08. The maximum atomic E-state index is 11.0. The van der Waals surface area contributed by atoms with Crippen LogP contribution in [0.25, 0.3) is 0 Å². The monoisotopic (exact) mass is 336 g/mol. The summed E-state index contributed by atoms with van der Waals surface area (Å²) in [4.78, 5) is 42.9. The second kappa shape index (κ2) is 10.5. The molecule has 0 spiro atoms. The topological polar surface area (TPSA) is 173 Å². The molecule has 0 aliphatic heterocycles. The van der Waals surface area contributed by atoms with E-state index >= 15 is 0 Å². The van der Waals surface area contributed by atoms with Gasteiger partial charge >= 0.3 is 23.9 Å². The molecule has 0 aliphatic rings. The predicted octanol–water partition coefficient (Wildman–Crippen LogP) is -2.68. The summed E-state index contributed by atoms with van der Waals surface area (Å²) in [6.07, 6.45) is 0. The Morgan fingerprint density at radius 3 is 1.26 bits per heavy atom. The van der Waals surface area contributed by atoms with Crippen molar-refractivity contribution >= 4 is 23.9 Å². The van der Waals surface area contributed by atoms with Crippen LogP contribution in [0.15, 0.2) is 0 Å². The molecule has 0 rings (SSSR count). The van der Waals surface area contributed by atoms with Gasteiger partial charge in [0.05, 0.1) is 26.2 Å². The van der Waals surface area contributed by atoms with Crippen LogP contribution in [0.2, 0.25) is 0 Å². The fourth-order valence-corrected chi connectivity index (χ4v) is 2.08. The molecule has 11 heteroatoms. The van der Waals surface area contributed by atoms with Gasteiger partial charge in [-0.05, 0) is 0 Å². The average molecular weight is 336 g/mol. The first-order valence-corrected chi connectivity index (χ1v) is 6.80. The number of carbonyl (C=O) groups is 4. The maximum Gasteiger partial charge on any atom is 0.359 e. The molecule has 0 heterocycles. The molecule has 0 bridgehead atoms. The van der Waals surface area contributed by atoms with Crippen molar-refractivity contribution in [3.8, 4) is 0 Å². The van der Waals surface area contributed by atoms with E-state index in [4.69, 9.17) is 20.4 Å². The van der Waals surface area contributed by atoms with Crippen LogP contribution < -0.4 is 10.6 Å². The van der Waals surface area contributed by atoms with Crippen molar-refractivity contribution in [3.05, 3.63) is 0 Å². The van der Waals surface area contributed by atoms with Crippen molar-refractivity contribution in [2.24, 2.45) is 0 Å². The molecule has 11 nitrogen and oxygen atoms in total. The molecule has 0 radical (unpaired) electrons. The quantitative estimate of drug-likeness (QED) is 0.145. The van der Waals surface area contributed by atoms with E-state index in [9.17, 15) is 19.2 Å². The lowest BCUT2D eigenvalue weighted by Crippen LogP contribution is -2.59. The summed E-state index contributed by atoms with van der Waals surface area (Å²) in [5, 5.41) is 40.3. The van der Waals surface area contributed by atoms with E-state index in [-0.39, 0.29) is 43.8 Å². The first-order chi connectivity index (χ1) is 10.7. The Morgan fingerprint density at radius 2 is 1.00 bits per heavy atom. The summed E-state index contributed by atoms with van der Waals surface area (Å²) in [6, 6.07) is 0. The van der Waals surface area contributed by atoms with E-state index in [0.717, 1.165) is 0 Å². The third kappa shape index (κ3) is 11.0. The highest BCUT2D eigenvalue weighted by atomic mass is 16.4. The Hall–Kier alpha value is -2.24. The smallest absolute Gasteiger partial charge is 0.359 e. The second-order valence-corrected chi connectivity index (χ2v) is 5.03. The van der Waals surface area contributed by atoms with Crippen LogP contribution in [0, 0.1) is 0 Å². The first-order valence-electron chi connectivity index (χ1n) is 6.80. The Labute approximate surface area is 132 Å². The zero-order chi connectivity index (χ0) is 17.9. The maximum absolute atomic E-state index is 11.0. The Morgan fingerprint density at radius 1 is 0.652 bits per heavy atom. The van der Waals surface area contributed by atoms with E-state index in [1.165, 1.54) is 0 Å². The molecule has 0 amide bonds. The molecule has 0 unspecified atom stereocenters. The highest BCUT2D eigenvalue weighted by molar-refractivity contribution is 5.70. The molecule has 0 aromatic carbocycles. The molecule has 0 aliphatic carbocycles. The van der Waals surface area contributed by atoms with Gasteiger partial charge in [0.15, 0.2) is 13.1 Å². The van der Waals surface area contributed by atoms with Crippen LogP contribution in [0.3, 0.4) is 0 Å². The van der Waals surface area contributed by atoms with Crippen molar-refractivity contribution in [2.75, 3.05) is 52.4 Å². The number of hydrogen-bond donors (Lipinski definition) is 6. The van der Waals surface area contributed by atoms with E-state index in [1.807, 2.05) is 0 Å². The first kappa shape index (κ1) is 20.8. The normalized spacial score (nSPS) is 11.1. The minimum atomic E-state index is -1.19. The van der Waals surface area contributed by atoms with E-state index in [2.05, 4.69) is 10.6 Å². The highest BCUT2D eigenvalue weighted by Crippen LogP contribution is 2.06. The van der Waals surface area contributed by atoms with Gasteiger partial charge in [0.25, 0.3) is 0 Å². The number of hydrogen-bond acceptors (Lipinski definition) is 6. The number of nitrogens with zero attached hydrogens (tertiary/aromatic N) is 1. The SMILES string of the molecule is O=C(O)CNCC[N+](CCNCC(=O)O)(CC(=O)O)CC(=O)O. The molecule has 23 heavy (non-hydrogen) atoms. The van der Waals surface area contributed by atoms with Gasteiger partial charge in [-0.25, -0.2) is 9.59 Å². The lowest BCUT2D eigenvalue weighted by Gasteiger charge is -2.36. The summed E-state index contributed by atoms with van der Waals surface area (Å²) < 4.78 is -0.329. The van der Waals surface area contributed by atoms with Crippen molar-refractivity contribution < 1.29 is 44.1 Å². The van der Waals surface area contributed by atoms with Crippen molar-refractivity contribution in [3.63, 3.8) is 0 Å². The Balaban J connectivity index is 4.78.